The van der Waals surface area contributed by atoms with Crippen molar-refractivity contribution < 1.29 is 9.53 Å². The molecule has 0 saturated heterocycles. The molecule has 9 atom stereocenters. The summed E-state index contributed by atoms with van der Waals surface area (Å²) in [6.45, 7) is 15.1. The second-order valence-electron chi connectivity index (χ2n) is 14.6. The van der Waals surface area contributed by atoms with Crippen molar-refractivity contribution in [3.05, 3.63) is 41.7 Å². The molecule has 3 heteroatoms. The normalized spacial score (nSPS) is 38.0. The van der Waals surface area contributed by atoms with Gasteiger partial charge in [-0.3, -0.25) is 4.98 Å². The van der Waals surface area contributed by atoms with Gasteiger partial charge in [-0.1, -0.05) is 59.6 Å². The Bertz CT molecular complexity index is 1000. The molecule has 0 bridgehead atoms. The fraction of sp³-hybridized carbons (Fsp3) is 0.771. The Kier molecular flexibility index (Phi) is 8.14. The average molecular weight is 520 g/mol. The Labute approximate surface area is 232 Å². The monoisotopic (exact) mass is 519 g/mol. The van der Waals surface area contributed by atoms with Crippen molar-refractivity contribution in [2.24, 2.45) is 52.3 Å². The lowest BCUT2D eigenvalue weighted by Crippen LogP contribution is -2.51. The van der Waals surface area contributed by atoms with Crippen molar-refractivity contribution in [3.8, 4) is 0 Å². The number of carbonyl (C=O) groups is 1. The molecule has 210 valence electrons. The number of fused-ring (bicyclic) bond motifs is 5. The van der Waals surface area contributed by atoms with Gasteiger partial charge in [0.15, 0.2) is 0 Å². The summed E-state index contributed by atoms with van der Waals surface area (Å²) in [5, 5.41) is 0. The van der Waals surface area contributed by atoms with E-state index in [0.29, 0.717) is 11.0 Å². The number of nitrogens with zero attached hydrogens (tertiary/aromatic N) is 1. The van der Waals surface area contributed by atoms with Crippen molar-refractivity contribution >= 4 is 5.97 Å². The van der Waals surface area contributed by atoms with Crippen LogP contribution < -0.4 is 0 Å². The molecule has 0 amide bonds. The number of pyridine rings is 1. The molecule has 1 aromatic heterocycles. The molecule has 1 heterocycles. The fourth-order valence-electron chi connectivity index (χ4n) is 10.2. The van der Waals surface area contributed by atoms with Crippen molar-refractivity contribution in [2.75, 3.05) is 0 Å². The first-order valence-corrected chi connectivity index (χ1v) is 16.0. The van der Waals surface area contributed by atoms with E-state index in [0.717, 1.165) is 60.7 Å². The summed E-state index contributed by atoms with van der Waals surface area (Å²) in [5.74, 6) is 5.75. The zero-order valence-electron chi connectivity index (χ0n) is 25.0. The van der Waals surface area contributed by atoms with Crippen molar-refractivity contribution in [1.82, 2.24) is 4.98 Å². The zero-order chi connectivity index (χ0) is 27.1. The number of ether oxygens (including phenoxy) is 1. The van der Waals surface area contributed by atoms with Crippen molar-refractivity contribution in [2.45, 2.75) is 118 Å². The topological polar surface area (TPSA) is 39.2 Å². The first kappa shape index (κ1) is 27.9. The quantitative estimate of drug-likeness (QED) is 0.254. The number of carbonyl (C=O) groups excluding carboxylic acids is 1. The molecule has 0 spiro atoms. The van der Waals surface area contributed by atoms with Crippen LogP contribution in [0.5, 0.6) is 0 Å². The SMILES string of the molecule is CC[C@H](CC(C)C)C[C@@H](C)[C@@H]1CC[C@H]2[C@@H]3CC=C4C[C@@H](OC(=O)c5cccnc5)CC[C@]4(C)[C@H]3CC[C@@]21C. The molecule has 0 N–H and O–H groups in total. The number of allylic oxidation sites excluding steroid dienone is 1. The van der Waals surface area contributed by atoms with E-state index >= 15 is 0 Å². The largest absolute Gasteiger partial charge is 0.458 e. The third-order valence-electron chi connectivity index (χ3n) is 12.1. The molecular weight excluding hydrogens is 466 g/mol. The van der Waals surface area contributed by atoms with E-state index in [4.69, 9.17) is 4.74 Å². The molecular formula is C35H53NO2. The third kappa shape index (κ3) is 5.13. The lowest BCUT2D eigenvalue weighted by molar-refractivity contribution is -0.0602. The summed E-state index contributed by atoms with van der Waals surface area (Å²) in [7, 11) is 0. The van der Waals surface area contributed by atoms with E-state index in [1.807, 2.05) is 0 Å². The molecule has 3 nitrogen and oxygen atoms in total. The van der Waals surface area contributed by atoms with Gasteiger partial charge in [-0.2, -0.15) is 0 Å². The van der Waals surface area contributed by atoms with Gasteiger partial charge in [0, 0.05) is 18.8 Å². The van der Waals surface area contributed by atoms with Gasteiger partial charge < -0.3 is 4.74 Å². The van der Waals surface area contributed by atoms with Gasteiger partial charge in [0.25, 0.3) is 0 Å². The van der Waals surface area contributed by atoms with E-state index < -0.39 is 0 Å². The van der Waals surface area contributed by atoms with Gasteiger partial charge in [0.2, 0.25) is 0 Å². The van der Waals surface area contributed by atoms with Crippen LogP contribution in [0, 0.1) is 52.3 Å². The molecule has 3 saturated carbocycles. The Morgan fingerprint density at radius 3 is 2.61 bits per heavy atom. The first-order chi connectivity index (χ1) is 18.2. The lowest BCUT2D eigenvalue weighted by Gasteiger charge is -2.58. The standard InChI is InChI=1S/C35H53NO2/c1-7-25(19-23(2)3)20-24(4)30-12-13-31-29-11-10-27-21-28(38-33(37)26-9-8-18-36-22-26)14-16-34(27,5)32(29)15-17-35(30,31)6/h8-10,18,22-25,28-32H,7,11-17,19-21H2,1-6H3/t24-,25-,28+,29+,30+,31+,32+,34+,35-/m1/s1. The Morgan fingerprint density at radius 1 is 1.08 bits per heavy atom. The number of aromatic nitrogens is 1. The van der Waals surface area contributed by atoms with Crippen LogP contribution in [0.2, 0.25) is 0 Å². The van der Waals surface area contributed by atoms with E-state index in [9.17, 15) is 4.79 Å². The Balaban J connectivity index is 1.26. The molecule has 1 aromatic rings. The highest BCUT2D eigenvalue weighted by molar-refractivity contribution is 5.89. The number of esters is 1. The molecule has 0 radical (unpaired) electrons. The van der Waals surface area contributed by atoms with Gasteiger partial charge in [-0.15, -0.1) is 0 Å². The van der Waals surface area contributed by atoms with Crippen LogP contribution in [-0.4, -0.2) is 17.1 Å². The summed E-state index contributed by atoms with van der Waals surface area (Å²) >= 11 is 0. The minimum atomic E-state index is -0.223. The van der Waals surface area contributed by atoms with Crippen molar-refractivity contribution in [3.63, 3.8) is 0 Å². The highest BCUT2D eigenvalue weighted by Gasteiger charge is 2.59. The maximum absolute atomic E-state index is 12.7. The summed E-state index contributed by atoms with van der Waals surface area (Å²) in [4.78, 5) is 16.8. The fourth-order valence-corrected chi connectivity index (χ4v) is 10.2. The Hall–Kier alpha value is -1.64. The predicted octanol–water partition coefficient (Wildman–Crippen LogP) is 9.28. The molecule has 4 aliphatic rings. The Morgan fingerprint density at radius 2 is 1.89 bits per heavy atom. The van der Waals surface area contributed by atoms with Gasteiger partial charge in [0.05, 0.1) is 5.56 Å². The third-order valence-corrected chi connectivity index (χ3v) is 12.1. The van der Waals surface area contributed by atoms with Gasteiger partial charge >= 0.3 is 5.97 Å². The maximum atomic E-state index is 12.7. The van der Waals surface area contributed by atoms with E-state index in [1.54, 1.807) is 30.1 Å². The van der Waals surface area contributed by atoms with Crippen molar-refractivity contribution in [1.29, 1.82) is 0 Å². The van der Waals surface area contributed by atoms with Crippen LogP contribution in [-0.2, 0) is 4.74 Å². The summed E-state index contributed by atoms with van der Waals surface area (Å²) < 4.78 is 5.98. The second-order valence-corrected chi connectivity index (χ2v) is 14.6. The van der Waals surface area contributed by atoms with E-state index in [-0.39, 0.29) is 17.5 Å². The van der Waals surface area contributed by atoms with Crippen LogP contribution in [0.3, 0.4) is 0 Å². The average Bonchev–Trinajstić information content (AvgIpc) is 3.26. The van der Waals surface area contributed by atoms with E-state index in [2.05, 4.69) is 52.6 Å². The molecule has 0 aliphatic heterocycles. The lowest BCUT2D eigenvalue weighted by atomic mass is 9.47. The van der Waals surface area contributed by atoms with Gasteiger partial charge in [-0.25, -0.2) is 4.79 Å². The smallest absolute Gasteiger partial charge is 0.339 e. The van der Waals surface area contributed by atoms with Gasteiger partial charge in [0.1, 0.15) is 6.10 Å². The van der Waals surface area contributed by atoms with Crippen LogP contribution in [0.25, 0.3) is 0 Å². The highest BCUT2D eigenvalue weighted by Crippen LogP contribution is 2.67. The summed E-state index contributed by atoms with van der Waals surface area (Å²) in [5.41, 5.74) is 2.95. The van der Waals surface area contributed by atoms with Crippen LogP contribution in [0.4, 0.5) is 0 Å². The second kappa shape index (κ2) is 11.1. The highest BCUT2D eigenvalue weighted by atomic mass is 16.5. The van der Waals surface area contributed by atoms with Crippen LogP contribution >= 0.6 is 0 Å². The molecule has 4 aliphatic carbocycles. The van der Waals surface area contributed by atoms with E-state index in [1.165, 1.54) is 51.4 Å². The predicted molar refractivity (Wildman–Crippen MR) is 156 cm³/mol. The zero-order valence-corrected chi connectivity index (χ0v) is 25.0. The van der Waals surface area contributed by atoms with Gasteiger partial charge in [-0.05, 0) is 122 Å². The molecule has 38 heavy (non-hydrogen) atoms. The number of rotatable bonds is 8. The minimum absolute atomic E-state index is 0.00139. The first-order valence-electron chi connectivity index (χ1n) is 16.0. The molecule has 5 rings (SSSR count). The molecule has 0 unspecified atom stereocenters. The minimum Gasteiger partial charge on any atom is -0.458 e. The summed E-state index contributed by atoms with van der Waals surface area (Å²) in [6.07, 6.45) is 20.1. The number of hydrogen-bond donors (Lipinski definition) is 0. The molecule has 3 fully saturated rings. The molecule has 0 aromatic carbocycles. The van der Waals surface area contributed by atoms with Crippen LogP contribution in [0.15, 0.2) is 36.2 Å². The number of hydrogen-bond acceptors (Lipinski definition) is 3. The maximum Gasteiger partial charge on any atom is 0.339 e. The van der Waals surface area contributed by atoms with Crippen LogP contribution in [0.1, 0.15) is 123 Å². The summed E-state index contributed by atoms with van der Waals surface area (Å²) in [6, 6.07) is 3.60.